The van der Waals surface area contributed by atoms with Crippen LogP contribution in [0.25, 0.3) is 0 Å². The SMILES string of the molecule is O=C([C@@H]1CCOC1)N1CCC2(CC1)C[C@@H](Nc1ncccn1)CCO2. The molecule has 4 heterocycles. The van der Waals surface area contributed by atoms with Gasteiger partial charge in [-0.1, -0.05) is 0 Å². The van der Waals surface area contributed by atoms with Crippen LogP contribution in [0.15, 0.2) is 18.5 Å². The lowest BCUT2D eigenvalue weighted by Crippen LogP contribution is -2.53. The van der Waals surface area contributed by atoms with Crippen molar-refractivity contribution in [2.45, 2.75) is 43.7 Å². The van der Waals surface area contributed by atoms with Crippen LogP contribution in [0.5, 0.6) is 0 Å². The van der Waals surface area contributed by atoms with Crippen molar-refractivity contribution in [1.29, 1.82) is 0 Å². The first kappa shape index (κ1) is 16.7. The quantitative estimate of drug-likeness (QED) is 0.893. The first-order chi connectivity index (χ1) is 12.2. The van der Waals surface area contributed by atoms with Crippen LogP contribution in [-0.2, 0) is 14.3 Å². The molecular weight excluding hydrogens is 320 g/mol. The Labute approximate surface area is 148 Å². The van der Waals surface area contributed by atoms with E-state index in [1.165, 1.54) is 0 Å². The number of hydrogen-bond acceptors (Lipinski definition) is 6. The Balaban J connectivity index is 1.33. The van der Waals surface area contributed by atoms with Gasteiger partial charge in [-0.05, 0) is 38.2 Å². The van der Waals surface area contributed by atoms with Gasteiger partial charge in [0.2, 0.25) is 11.9 Å². The highest BCUT2D eigenvalue weighted by Gasteiger charge is 2.42. The van der Waals surface area contributed by atoms with E-state index in [9.17, 15) is 4.79 Å². The number of carbonyl (C=O) groups is 1. The number of amides is 1. The van der Waals surface area contributed by atoms with Crippen molar-refractivity contribution in [3.8, 4) is 0 Å². The summed E-state index contributed by atoms with van der Waals surface area (Å²) in [5, 5.41) is 3.43. The number of anilines is 1. The molecule has 3 fully saturated rings. The maximum atomic E-state index is 12.6. The molecule has 3 aliphatic heterocycles. The molecule has 1 N–H and O–H groups in total. The average Bonchev–Trinajstić information content (AvgIpc) is 3.18. The van der Waals surface area contributed by atoms with E-state index in [4.69, 9.17) is 9.47 Å². The molecule has 0 unspecified atom stereocenters. The standard InChI is InChI=1S/C18H26N4O3/c23-16(14-2-10-24-13-14)22-8-4-18(5-9-22)12-15(3-11-25-18)21-17-19-6-1-7-20-17/h1,6-7,14-15H,2-5,8-13H2,(H,19,20,21)/t14-,15+/m1/s1. The lowest BCUT2D eigenvalue weighted by atomic mass is 9.82. The summed E-state index contributed by atoms with van der Waals surface area (Å²) >= 11 is 0. The second kappa shape index (κ2) is 7.25. The van der Waals surface area contributed by atoms with Crippen molar-refractivity contribution in [2.24, 2.45) is 5.92 Å². The Hall–Kier alpha value is -1.73. The first-order valence-electron chi connectivity index (χ1n) is 9.28. The zero-order valence-corrected chi connectivity index (χ0v) is 14.5. The highest BCUT2D eigenvalue weighted by molar-refractivity contribution is 5.79. The molecule has 136 valence electrons. The van der Waals surface area contributed by atoms with Crippen molar-refractivity contribution >= 4 is 11.9 Å². The largest absolute Gasteiger partial charge is 0.381 e. The zero-order valence-electron chi connectivity index (χ0n) is 14.5. The summed E-state index contributed by atoms with van der Waals surface area (Å²) in [6.45, 7) is 3.61. The summed E-state index contributed by atoms with van der Waals surface area (Å²) in [6, 6.07) is 2.14. The van der Waals surface area contributed by atoms with Gasteiger partial charge in [-0.15, -0.1) is 0 Å². The Morgan fingerprint density at radius 2 is 2.00 bits per heavy atom. The van der Waals surface area contributed by atoms with E-state index in [0.717, 1.165) is 51.8 Å². The van der Waals surface area contributed by atoms with Gasteiger partial charge >= 0.3 is 0 Å². The number of ether oxygens (including phenoxy) is 2. The van der Waals surface area contributed by atoms with E-state index >= 15 is 0 Å². The van der Waals surface area contributed by atoms with Gasteiger partial charge in [-0.3, -0.25) is 4.79 Å². The van der Waals surface area contributed by atoms with Crippen LogP contribution in [-0.4, -0.2) is 65.3 Å². The molecule has 7 heteroatoms. The third kappa shape index (κ3) is 3.77. The molecule has 1 aromatic rings. The minimum absolute atomic E-state index is 0.0611. The molecule has 4 rings (SSSR count). The molecule has 1 amide bonds. The van der Waals surface area contributed by atoms with Crippen molar-refractivity contribution in [1.82, 2.24) is 14.9 Å². The van der Waals surface area contributed by atoms with Gasteiger partial charge in [0, 0.05) is 44.7 Å². The Morgan fingerprint density at radius 3 is 2.72 bits per heavy atom. The number of carbonyl (C=O) groups excluding carboxylic acids is 1. The molecule has 25 heavy (non-hydrogen) atoms. The molecule has 3 aliphatic rings. The molecule has 0 radical (unpaired) electrons. The summed E-state index contributed by atoms with van der Waals surface area (Å²) < 4.78 is 11.5. The third-order valence-electron chi connectivity index (χ3n) is 5.66. The number of piperidine rings is 1. The number of likely N-dealkylation sites (tertiary alicyclic amines) is 1. The Kier molecular flexibility index (Phi) is 4.85. The summed E-state index contributed by atoms with van der Waals surface area (Å²) in [6.07, 6.45) is 8.07. The number of aromatic nitrogens is 2. The van der Waals surface area contributed by atoms with Crippen molar-refractivity contribution in [2.75, 3.05) is 38.2 Å². The second-order valence-corrected chi connectivity index (χ2v) is 7.32. The molecule has 3 saturated heterocycles. The molecular formula is C18H26N4O3. The van der Waals surface area contributed by atoms with Gasteiger partial charge in [-0.2, -0.15) is 0 Å². The Bertz CT molecular complexity index is 583. The van der Waals surface area contributed by atoms with Crippen LogP contribution >= 0.6 is 0 Å². The summed E-state index contributed by atoms with van der Waals surface area (Å²) in [4.78, 5) is 23.1. The van der Waals surface area contributed by atoms with E-state index in [1.807, 2.05) is 11.0 Å². The molecule has 0 aliphatic carbocycles. The Morgan fingerprint density at radius 1 is 1.20 bits per heavy atom. The van der Waals surface area contributed by atoms with E-state index in [0.29, 0.717) is 25.2 Å². The van der Waals surface area contributed by atoms with Gasteiger partial charge in [0.25, 0.3) is 0 Å². The van der Waals surface area contributed by atoms with Gasteiger partial charge in [0.15, 0.2) is 0 Å². The smallest absolute Gasteiger partial charge is 0.228 e. The minimum atomic E-state index is -0.117. The van der Waals surface area contributed by atoms with Gasteiger partial charge in [0.05, 0.1) is 18.1 Å². The fourth-order valence-electron chi connectivity index (χ4n) is 4.18. The minimum Gasteiger partial charge on any atom is -0.381 e. The van der Waals surface area contributed by atoms with Crippen LogP contribution in [0.2, 0.25) is 0 Å². The van der Waals surface area contributed by atoms with E-state index in [-0.39, 0.29) is 17.4 Å². The zero-order chi connectivity index (χ0) is 17.1. The van der Waals surface area contributed by atoms with Crippen molar-refractivity contribution in [3.05, 3.63) is 18.5 Å². The molecule has 1 spiro atoms. The fourth-order valence-corrected chi connectivity index (χ4v) is 4.18. The fraction of sp³-hybridized carbons (Fsp3) is 0.722. The predicted octanol–water partition coefficient (Wildman–Crippen LogP) is 1.47. The lowest BCUT2D eigenvalue weighted by Gasteiger charge is -2.46. The number of rotatable bonds is 3. The highest BCUT2D eigenvalue weighted by Crippen LogP contribution is 2.36. The molecule has 0 saturated carbocycles. The topological polar surface area (TPSA) is 76.6 Å². The van der Waals surface area contributed by atoms with Crippen molar-refractivity contribution < 1.29 is 14.3 Å². The predicted molar refractivity (Wildman–Crippen MR) is 92.1 cm³/mol. The summed E-state index contributed by atoms with van der Waals surface area (Å²) in [5.74, 6) is 1.000. The molecule has 0 bridgehead atoms. The number of nitrogens with zero attached hydrogens (tertiary/aromatic N) is 3. The molecule has 2 atom stereocenters. The van der Waals surface area contributed by atoms with Crippen LogP contribution in [0, 0.1) is 5.92 Å². The molecule has 0 aromatic carbocycles. The van der Waals surface area contributed by atoms with E-state index < -0.39 is 0 Å². The molecule has 1 aromatic heterocycles. The summed E-state index contributed by atoms with van der Waals surface area (Å²) in [5.41, 5.74) is -0.117. The van der Waals surface area contributed by atoms with Gasteiger partial charge in [0.1, 0.15) is 0 Å². The van der Waals surface area contributed by atoms with Crippen LogP contribution < -0.4 is 5.32 Å². The summed E-state index contributed by atoms with van der Waals surface area (Å²) in [7, 11) is 0. The van der Waals surface area contributed by atoms with Crippen LogP contribution in [0.4, 0.5) is 5.95 Å². The average molecular weight is 346 g/mol. The highest BCUT2D eigenvalue weighted by atomic mass is 16.5. The van der Waals surface area contributed by atoms with Crippen LogP contribution in [0.3, 0.4) is 0 Å². The third-order valence-corrected chi connectivity index (χ3v) is 5.66. The second-order valence-electron chi connectivity index (χ2n) is 7.32. The number of hydrogen-bond donors (Lipinski definition) is 1. The van der Waals surface area contributed by atoms with E-state index in [2.05, 4.69) is 15.3 Å². The number of nitrogens with one attached hydrogen (secondary N) is 1. The lowest BCUT2D eigenvalue weighted by molar-refractivity contribution is -0.147. The monoisotopic (exact) mass is 346 g/mol. The van der Waals surface area contributed by atoms with E-state index in [1.54, 1.807) is 12.4 Å². The van der Waals surface area contributed by atoms with Gasteiger partial charge in [-0.25, -0.2) is 9.97 Å². The maximum Gasteiger partial charge on any atom is 0.228 e. The van der Waals surface area contributed by atoms with Gasteiger partial charge < -0.3 is 19.7 Å². The molecule has 7 nitrogen and oxygen atoms in total. The first-order valence-corrected chi connectivity index (χ1v) is 9.28. The normalized spacial score (nSPS) is 28.9. The van der Waals surface area contributed by atoms with Crippen LogP contribution in [0.1, 0.15) is 32.1 Å². The van der Waals surface area contributed by atoms with Crippen molar-refractivity contribution in [3.63, 3.8) is 0 Å². The maximum absolute atomic E-state index is 12.6.